The molecule has 0 radical (unpaired) electrons. The van der Waals surface area contributed by atoms with Gasteiger partial charge in [-0.05, 0) is 71.7 Å². The highest BCUT2D eigenvalue weighted by atomic mass is 79.9. The number of carbonyl (C=O) groups is 1. The molecule has 2 aromatic carbocycles. The Bertz CT molecular complexity index is 608. The van der Waals surface area contributed by atoms with Crippen LogP contribution in [0, 0.1) is 6.92 Å². The van der Waals surface area contributed by atoms with E-state index in [1.165, 1.54) is 0 Å². The topological polar surface area (TPSA) is 38.3 Å². The molecule has 20 heavy (non-hydrogen) atoms. The van der Waals surface area contributed by atoms with Gasteiger partial charge in [0.05, 0.1) is 12.3 Å². The lowest BCUT2D eigenvalue weighted by atomic mass is 10.2. The number of benzene rings is 2. The average Bonchev–Trinajstić information content (AvgIpc) is 2.43. The van der Waals surface area contributed by atoms with E-state index in [0.29, 0.717) is 12.2 Å². The maximum atomic E-state index is 12.1. The number of hydrogen-bond acceptors (Lipinski definition) is 2. The lowest BCUT2D eigenvalue weighted by Crippen LogP contribution is -2.12. The van der Waals surface area contributed by atoms with Crippen LogP contribution < -0.4 is 10.1 Å². The van der Waals surface area contributed by atoms with Gasteiger partial charge in [0.2, 0.25) is 0 Å². The van der Waals surface area contributed by atoms with Gasteiger partial charge in [0.1, 0.15) is 5.75 Å². The number of hydrogen-bond donors (Lipinski definition) is 1. The van der Waals surface area contributed by atoms with Crippen molar-refractivity contribution in [3.8, 4) is 5.75 Å². The van der Waals surface area contributed by atoms with E-state index in [1.54, 1.807) is 24.3 Å². The summed E-state index contributed by atoms with van der Waals surface area (Å²) < 4.78 is 6.22. The van der Waals surface area contributed by atoms with Crippen LogP contribution in [0.15, 0.2) is 46.9 Å². The number of anilines is 1. The molecule has 0 aliphatic carbocycles. The molecule has 0 atom stereocenters. The molecule has 0 fully saturated rings. The van der Waals surface area contributed by atoms with Gasteiger partial charge in [0.25, 0.3) is 5.91 Å². The Morgan fingerprint density at radius 2 is 1.90 bits per heavy atom. The lowest BCUT2D eigenvalue weighted by Gasteiger charge is -2.09. The third-order valence-corrected chi connectivity index (χ3v) is 3.46. The molecule has 0 spiro atoms. The Kier molecular flexibility index (Phi) is 4.79. The Morgan fingerprint density at radius 3 is 2.50 bits per heavy atom. The Balaban J connectivity index is 2.11. The molecular weight excluding hydrogens is 318 g/mol. The smallest absolute Gasteiger partial charge is 0.255 e. The molecule has 1 amide bonds. The number of halogens is 1. The lowest BCUT2D eigenvalue weighted by molar-refractivity contribution is 0.102. The molecule has 3 nitrogen and oxygen atoms in total. The second-order valence-corrected chi connectivity index (χ2v) is 5.25. The van der Waals surface area contributed by atoms with Crippen molar-refractivity contribution in [3.05, 3.63) is 58.1 Å². The van der Waals surface area contributed by atoms with Gasteiger partial charge in [-0.2, -0.15) is 0 Å². The van der Waals surface area contributed by atoms with Crippen molar-refractivity contribution >= 4 is 27.5 Å². The number of amides is 1. The van der Waals surface area contributed by atoms with Gasteiger partial charge in [-0.15, -0.1) is 0 Å². The van der Waals surface area contributed by atoms with Crippen molar-refractivity contribution in [2.24, 2.45) is 0 Å². The van der Waals surface area contributed by atoms with Crippen molar-refractivity contribution in [1.82, 2.24) is 0 Å². The van der Waals surface area contributed by atoms with E-state index in [0.717, 1.165) is 21.5 Å². The van der Waals surface area contributed by atoms with E-state index < -0.39 is 0 Å². The van der Waals surface area contributed by atoms with Crippen LogP contribution in [0.1, 0.15) is 22.8 Å². The molecule has 0 aliphatic rings. The number of carbonyl (C=O) groups excluding carboxylic acids is 1. The normalized spacial score (nSPS) is 10.2. The minimum atomic E-state index is -0.141. The minimum absolute atomic E-state index is 0.141. The summed E-state index contributed by atoms with van der Waals surface area (Å²) in [5, 5.41) is 2.88. The van der Waals surface area contributed by atoms with Gasteiger partial charge in [-0.1, -0.05) is 6.07 Å². The van der Waals surface area contributed by atoms with Crippen LogP contribution in [0.25, 0.3) is 0 Å². The summed E-state index contributed by atoms with van der Waals surface area (Å²) in [4.78, 5) is 12.1. The zero-order chi connectivity index (χ0) is 14.5. The third kappa shape index (κ3) is 3.61. The molecule has 2 rings (SSSR count). The summed E-state index contributed by atoms with van der Waals surface area (Å²) in [6, 6.07) is 12.9. The van der Waals surface area contributed by atoms with E-state index in [9.17, 15) is 4.79 Å². The fraction of sp³-hybridized carbons (Fsp3) is 0.188. The molecule has 0 unspecified atom stereocenters. The standard InChI is InChI=1S/C16H16BrNO2/c1-3-20-13-7-5-12(6-8-13)16(19)18-15-9-4-11(2)10-14(15)17/h4-10H,3H2,1-2H3,(H,18,19). The van der Waals surface area contributed by atoms with Crippen molar-refractivity contribution in [3.63, 3.8) is 0 Å². The fourth-order valence-electron chi connectivity index (χ4n) is 1.79. The Morgan fingerprint density at radius 1 is 1.20 bits per heavy atom. The summed E-state index contributed by atoms with van der Waals surface area (Å²) in [5.74, 6) is 0.623. The molecule has 4 heteroatoms. The first-order valence-electron chi connectivity index (χ1n) is 6.40. The molecule has 0 saturated heterocycles. The van der Waals surface area contributed by atoms with Crippen molar-refractivity contribution in [1.29, 1.82) is 0 Å². The summed E-state index contributed by atoms with van der Waals surface area (Å²) in [5.41, 5.74) is 2.49. The SMILES string of the molecule is CCOc1ccc(C(=O)Nc2ccc(C)cc2Br)cc1. The highest BCUT2D eigenvalue weighted by Crippen LogP contribution is 2.24. The van der Waals surface area contributed by atoms with E-state index in [1.807, 2.05) is 32.0 Å². The molecular formula is C16H16BrNO2. The van der Waals surface area contributed by atoms with Crippen LogP contribution in [0.5, 0.6) is 5.75 Å². The van der Waals surface area contributed by atoms with Crippen molar-refractivity contribution in [2.45, 2.75) is 13.8 Å². The van der Waals surface area contributed by atoms with Crippen LogP contribution in [-0.2, 0) is 0 Å². The van der Waals surface area contributed by atoms with Gasteiger partial charge in [0.15, 0.2) is 0 Å². The van der Waals surface area contributed by atoms with Crippen molar-refractivity contribution in [2.75, 3.05) is 11.9 Å². The summed E-state index contributed by atoms with van der Waals surface area (Å²) in [6.07, 6.45) is 0. The minimum Gasteiger partial charge on any atom is -0.494 e. The second kappa shape index (κ2) is 6.57. The van der Waals surface area contributed by atoms with Crippen molar-refractivity contribution < 1.29 is 9.53 Å². The van der Waals surface area contributed by atoms with E-state index in [-0.39, 0.29) is 5.91 Å². The summed E-state index contributed by atoms with van der Waals surface area (Å²) in [7, 11) is 0. The number of rotatable bonds is 4. The first kappa shape index (κ1) is 14.6. The zero-order valence-corrected chi connectivity index (χ0v) is 13.0. The van der Waals surface area contributed by atoms with Crippen LogP contribution in [-0.4, -0.2) is 12.5 Å². The first-order chi connectivity index (χ1) is 9.60. The molecule has 0 aromatic heterocycles. The summed E-state index contributed by atoms with van der Waals surface area (Å²) in [6.45, 7) is 4.54. The third-order valence-electron chi connectivity index (χ3n) is 2.80. The highest BCUT2D eigenvalue weighted by molar-refractivity contribution is 9.10. The maximum absolute atomic E-state index is 12.1. The molecule has 2 aromatic rings. The number of nitrogens with one attached hydrogen (secondary N) is 1. The molecule has 1 N–H and O–H groups in total. The predicted octanol–water partition coefficient (Wildman–Crippen LogP) is 4.41. The molecule has 0 heterocycles. The van der Waals surface area contributed by atoms with Crippen LogP contribution in [0.3, 0.4) is 0 Å². The van der Waals surface area contributed by atoms with E-state index in [2.05, 4.69) is 21.2 Å². The maximum Gasteiger partial charge on any atom is 0.255 e. The predicted molar refractivity (Wildman–Crippen MR) is 84.4 cm³/mol. The highest BCUT2D eigenvalue weighted by Gasteiger charge is 2.08. The van der Waals surface area contributed by atoms with Crippen LogP contribution >= 0.6 is 15.9 Å². The Labute approximate surface area is 127 Å². The number of ether oxygens (including phenoxy) is 1. The van der Waals surface area contributed by atoms with Gasteiger partial charge >= 0.3 is 0 Å². The van der Waals surface area contributed by atoms with Crippen LogP contribution in [0.2, 0.25) is 0 Å². The fourth-order valence-corrected chi connectivity index (χ4v) is 2.38. The largest absolute Gasteiger partial charge is 0.494 e. The quantitative estimate of drug-likeness (QED) is 0.899. The molecule has 0 aliphatic heterocycles. The van der Waals surface area contributed by atoms with Gasteiger partial charge in [-0.3, -0.25) is 4.79 Å². The molecule has 0 saturated carbocycles. The van der Waals surface area contributed by atoms with Gasteiger partial charge < -0.3 is 10.1 Å². The summed E-state index contributed by atoms with van der Waals surface area (Å²) >= 11 is 3.45. The Hall–Kier alpha value is -1.81. The monoisotopic (exact) mass is 333 g/mol. The zero-order valence-electron chi connectivity index (χ0n) is 11.4. The van der Waals surface area contributed by atoms with E-state index >= 15 is 0 Å². The first-order valence-corrected chi connectivity index (χ1v) is 7.20. The molecule has 0 bridgehead atoms. The van der Waals surface area contributed by atoms with E-state index in [4.69, 9.17) is 4.74 Å². The van der Waals surface area contributed by atoms with Gasteiger partial charge in [0, 0.05) is 10.0 Å². The van der Waals surface area contributed by atoms with Crippen LogP contribution in [0.4, 0.5) is 5.69 Å². The molecule has 104 valence electrons. The number of aryl methyl sites for hydroxylation is 1. The average molecular weight is 334 g/mol. The van der Waals surface area contributed by atoms with Gasteiger partial charge in [-0.25, -0.2) is 0 Å². The second-order valence-electron chi connectivity index (χ2n) is 4.39.